The van der Waals surface area contributed by atoms with E-state index in [1.54, 1.807) is 12.1 Å². The second kappa shape index (κ2) is 7.94. The van der Waals surface area contributed by atoms with Crippen molar-refractivity contribution in [1.29, 1.82) is 0 Å². The third kappa shape index (κ3) is 3.88. The maximum Gasteiger partial charge on any atom is 0.152 e. The highest BCUT2D eigenvalue weighted by atomic mass is 32.2. The number of thioether (sulfide) groups is 1. The lowest BCUT2D eigenvalue weighted by atomic mass is 10.1. The Balaban J connectivity index is 1.86. The molecular formula is C17H16N4O3S. The number of carbonyl (C=O) groups excluding carboxylic acids is 1. The Labute approximate surface area is 148 Å². The predicted molar refractivity (Wildman–Crippen MR) is 95.5 cm³/mol. The maximum atomic E-state index is 11.2. The molecule has 2 atom stereocenters. The van der Waals surface area contributed by atoms with Crippen molar-refractivity contribution in [2.75, 3.05) is 11.9 Å². The number of nitrogens with zero attached hydrogens (tertiary/aromatic N) is 3. The molecule has 7 nitrogen and oxygen atoms in total. The number of hydrogen-bond acceptors (Lipinski definition) is 6. The van der Waals surface area contributed by atoms with Crippen LogP contribution in [0.5, 0.6) is 5.75 Å². The summed E-state index contributed by atoms with van der Waals surface area (Å²) in [5, 5.41) is 16.3. The van der Waals surface area contributed by atoms with Crippen LogP contribution in [0.1, 0.15) is 17.2 Å². The highest BCUT2D eigenvalue weighted by Gasteiger charge is 2.29. The van der Waals surface area contributed by atoms with Crippen molar-refractivity contribution >= 4 is 23.7 Å². The molecule has 0 bridgehead atoms. The zero-order chi connectivity index (χ0) is 17.6. The summed E-state index contributed by atoms with van der Waals surface area (Å²) < 4.78 is 5.89. The molecule has 8 heteroatoms. The first-order chi connectivity index (χ1) is 12.2. The average molecular weight is 356 g/mol. The van der Waals surface area contributed by atoms with Crippen molar-refractivity contribution in [3.8, 4) is 5.75 Å². The average Bonchev–Trinajstić information content (AvgIpc) is 3.09. The number of fused-ring (bicyclic) bond motifs is 1. The van der Waals surface area contributed by atoms with Crippen LogP contribution in [0.15, 0.2) is 52.5 Å². The van der Waals surface area contributed by atoms with Crippen molar-refractivity contribution in [2.24, 2.45) is 5.11 Å². The number of benzene rings is 2. The second-order valence-corrected chi connectivity index (χ2v) is 6.53. The number of rotatable bonds is 7. The van der Waals surface area contributed by atoms with Gasteiger partial charge in [-0.15, -0.1) is 0 Å². The lowest BCUT2D eigenvalue weighted by Gasteiger charge is -2.16. The first-order valence-corrected chi connectivity index (χ1v) is 8.52. The highest BCUT2D eigenvalue weighted by Crippen LogP contribution is 2.47. The molecule has 0 saturated heterocycles. The fourth-order valence-electron chi connectivity index (χ4n) is 2.54. The molecule has 128 valence electrons. The summed E-state index contributed by atoms with van der Waals surface area (Å²) in [6.07, 6.45) is -0.137. The van der Waals surface area contributed by atoms with Gasteiger partial charge in [-0.2, -0.15) is 0 Å². The summed E-state index contributed by atoms with van der Waals surface area (Å²) in [7, 11) is 0. The minimum Gasteiger partial charge on any atom is -0.487 e. The lowest BCUT2D eigenvalue weighted by molar-refractivity contribution is -0.107. The molecule has 2 N–H and O–H groups in total. The van der Waals surface area contributed by atoms with Crippen molar-refractivity contribution in [3.63, 3.8) is 0 Å². The van der Waals surface area contributed by atoms with Gasteiger partial charge in [-0.05, 0) is 22.7 Å². The number of hydrogen-bond donors (Lipinski definition) is 2. The standard InChI is InChI=1S/C17H16N4O3S/c18-21-19-8-13(23)12-6-7-14(16-17(12)25-15(9-22)20-16)24-10-11-4-2-1-3-5-11/h1-7,9,13,15,20,23H,8,10H2/t13-,15?/m0/s1. The third-order valence-electron chi connectivity index (χ3n) is 3.72. The summed E-state index contributed by atoms with van der Waals surface area (Å²) in [4.78, 5) is 14.6. The van der Waals surface area contributed by atoms with E-state index in [-0.39, 0.29) is 6.54 Å². The van der Waals surface area contributed by atoms with E-state index in [1.165, 1.54) is 11.8 Å². The molecule has 3 rings (SSSR count). The molecule has 25 heavy (non-hydrogen) atoms. The summed E-state index contributed by atoms with van der Waals surface area (Å²) in [5.74, 6) is 0.607. The number of anilines is 1. The van der Waals surface area contributed by atoms with Crippen molar-refractivity contribution < 1.29 is 14.6 Å². The van der Waals surface area contributed by atoms with Gasteiger partial charge in [0.2, 0.25) is 0 Å². The number of nitrogens with one attached hydrogen (secondary N) is 1. The Hall–Kier alpha value is -2.67. The normalized spacial score (nSPS) is 16.3. The molecule has 0 aliphatic carbocycles. The van der Waals surface area contributed by atoms with Crippen LogP contribution >= 0.6 is 11.8 Å². The van der Waals surface area contributed by atoms with Gasteiger partial charge in [0.1, 0.15) is 17.7 Å². The van der Waals surface area contributed by atoms with E-state index < -0.39 is 11.5 Å². The van der Waals surface area contributed by atoms with Gasteiger partial charge in [0.05, 0.1) is 18.3 Å². The van der Waals surface area contributed by atoms with Crippen LogP contribution in [-0.2, 0) is 11.4 Å². The highest BCUT2D eigenvalue weighted by molar-refractivity contribution is 8.01. The SMILES string of the molecule is [N-]=[N+]=NC[C@H](O)c1ccc(OCc2ccccc2)c2c1SC(C=O)N2. The lowest BCUT2D eigenvalue weighted by Crippen LogP contribution is -2.11. The van der Waals surface area contributed by atoms with Gasteiger partial charge in [0, 0.05) is 9.81 Å². The Morgan fingerprint density at radius 1 is 1.36 bits per heavy atom. The third-order valence-corrected chi connectivity index (χ3v) is 4.88. The van der Waals surface area contributed by atoms with Gasteiger partial charge in [-0.1, -0.05) is 53.3 Å². The number of ether oxygens (including phenoxy) is 1. The number of aliphatic hydroxyl groups excluding tert-OH is 1. The van der Waals surface area contributed by atoms with Crippen LogP contribution in [-0.4, -0.2) is 23.3 Å². The molecule has 0 radical (unpaired) electrons. The summed E-state index contributed by atoms with van der Waals surface area (Å²) in [6.45, 7) is 0.325. The summed E-state index contributed by atoms with van der Waals surface area (Å²) >= 11 is 1.31. The Kier molecular flexibility index (Phi) is 5.45. The molecule has 0 spiro atoms. The van der Waals surface area contributed by atoms with Crippen molar-refractivity contribution in [2.45, 2.75) is 23.0 Å². The second-order valence-electron chi connectivity index (χ2n) is 5.38. The molecule has 2 aromatic rings. The summed E-state index contributed by atoms with van der Waals surface area (Å²) in [6, 6.07) is 13.2. The van der Waals surface area contributed by atoms with E-state index in [9.17, 15) is 9.90 Å². The van der Waals surface area contributed by atoms with Gasteiger partial charge in [0.25, 0.3) is 0 Å². The predicted octanol–water partition coefficient (Wildman–Crippen LogP) is 3.65. The largest absolute Gasteiger partial charge is 0.487 e. The monoisotopic (exact) mass is 356 g/mol. The first-order valence-electron chi connectivity index (χ1n) is 7.64. The minimum atomic E-state index is -0.937. The fraction of sp³-hybridized carbons (Fsp3) is 0.235. The van der Waals surface area contributed by atoms with E-state index >= 15 is 0 Å². The summed E-state index contributed by atoms with van der Waals surface area (Å²) in [5.41, 5.74) is 10.7. The Morgan fingerprint density at radius 2 is 2.16 bits per heavy atom. The zero-order valence-electron chi connectivity index (χ0n) is 13.2. The molecule has 1 unspecified atom stereocenters. The number of aldehydes is 1. The van der Waals surface area contributed by atoms with E-state index in [0.29, 0.717) is 23.6 Å². The van der Waals surface area contributed by atoms with Crippen LogP contribution in [0, 0.1) is 0 Å². The number of aliphatic hydroxyl groups is 1. The van der Waals surface area contributed by atoms with Crippen LogP contribution in [0.2, 0.25) is 0 Å². The molecule has 0 aromatic heterocycles. The zero-order valence-corrected chi connectivity index (χ0v) is 14.0. The molecule has 1 heterocycles. The van der Waals surface area contributed by atoms with E-state index in [1.807, 2.05) is 30.3 Å². The molecular weight excluding hydrogens is 340 g/mol. The molecule has 1 aliphatic rings. The van der Waals surface area contributed by atoms with E-state index in [4.69, 9.17) is 10.3 Å². The number of azide groups is 1. The van der Waals surface area contributed by atoms with Crippen molar-refractivity contribution in [1.82, 2.24) is 0 Å². The van der Waals surface area contributed by atoms with Crippen LogP contribution in [0.4, 0.5) is 5.69 Å². The van der Waals surface area contributed by atoms with E-state index in [2.05, 4.69) is 15.3 Å². The smallest absolute Gasteiger partial charge is 0.152 e. The fourth-order valence-corrected chi connectivity index (χ4v) is 3.64. The molecule has 1 aliphatic heterocycles. The van der Waals surface area contributed by atoms with Gasteiger partial charge in [-0.25, -0.2) is 0 Å². The van der Waals surface area contributed by atoms with Crippen LogP contribution in [0.3, 0.4) is 0 Å². The Bertz CT molecular complexity index is 809. The Morgan fingerprint density at radius 3 is 2.88 bits per heavy atom. The molecule has 0 saturated carbocycles. The molecule has 0 amide bonds. The first kappa shape index (κ1) is 17.2. The number of carbonyl (C=O) groups is 1. The molecule has 0 fully saturated rings. The van der Waals surface area contributed by atoms with Crippen molar-refractivity contribution in [3.05, 3.63) is 64.0 Å². The van der Waals surface area contributed by atoms with Gasteiger partial charge >= 0.3 is 0 Å². The topological polar surface area (TPSA) is 107 Å². The quantitative estimate of drug-likeness (QED) is 0.341. The van der Waals surface area contributed by atoms with E-state index in [0.717, 1.165) is 16.7 Å². The van der Waals surface area contributed by atoms with Crippen LogP contribution in [0.25, 0.3) is 10.4 Å². The maximum absolute atomic E-state index is 11.2. The van der Waals surface area contributed by atoms with Gasteiger partial charge in [-0.3, -0.25) is 0 Å². The molecule has 2 aromatic carbocycles. The minimum absolute atomic E-state index is 0.0700. The van der Waals surface area contributed by atoms with Gasteiger partial charge in [0.15, 0.2) is 6.29 Å². The van der Waals surface area contributed by atoms with Crippen LogP contribution < -0.4 is 10.1 Å². The van der Waals surface area contributed by atoms with Gasteiger partial charge < -0.3 is 20.0 Å².